The molecular formula is C33H41N5O5. The number of aromatic nitrogens is 3. The van der Waals surface area contributed by atoms with E-state index < -0.39 is 35.7 Å². The van der Waals surface area contributed by atoms with Crippen LogP contribution in [0.5, 0.6) is 0 Å². The number of nitrogens with zero attached hydrogens (tertiary/aromatic N) is 1. The number of esters is 1. The Labute approximate surface area is 252 Å². The first-order valence-corrected chi connectivity index (χ1v) is 14.3. The predicted octanol–water partition coefficient (Wildman–Crippen LogP) is 5.19. The Morgan fingerprint density at radius 3 is 2.26 bits per heavy atom. The summed E-state index contributed by atoms with van der Waals surface area (Å²) in [5.74, 6) is -0.527. The normalized spacial score (nSPS) is 13.3. The lowest BCUT2D eigenvalue weighted by Crippen LogP contribution is -2.54. The van der Waals surface area contributed by atoms with Gasteiger partial charge >= 0.3 is 12.1 Å². The van der Waals surface area contributed by atoms with Crippen LogP contribution < -0.4 is 10.6 Å². The molecule has 228 valence electrons. The summed E-state index contributed by atoms with van der Waals surface area (Å²) < 4.78 is 10.4. The number of ether oxygens (including phenoxy) is 2. The molecule has 0 bridgehead atoms. The average molecular weight is 588 g/mol. The Morgan fingerprint density at radius 1 is 0.907 bits per heavy atom. The van der Waals surface area contributed by atoms with Crippen molar-refractivity contribution in [1.82, 2.24) is 25.6 Å². The van der Waals surface area contributed by atoms with Crippen LogP contribution in [0.3, 0.4) is 0 Å². The highest BCUT2D eigenvalue weighted by molar-refractivity contribution is 5.91. The maximum absolute atomic E-state index is 13.6. The summed E-state index contributed by atoms with van der Waals surface area (Å²) in [6.07, 6.45) is 2.98. The van der Waals surface area contributed by atoms with Crippen molar-refractivity contribution in [2.24, 2.45) is 0 Å². The number of para-hydroxylation sites is 1. The number of carbonyl (C=O) groups is 3. The third-order valence-electron chi connectivity index (χ3n) is 6.99. The van der Waals surface area contributed by atoms with Gasteiger partial charge in [0.05, 0.1) is 7.11 Å². The molecule has 2 atom stereocenters. The minimum Gasteiger partial charge on any atom is -0.467 e. The fourth-order valence-electron chi connectivity index (χ4n) is 4.74. The minimum atomic E-state index is -1.03. The Kier molecular flexibility index (Phi) is 9.27. The van der Waals surface area contributed by atoms with Gasteiger partial charge in [-0.3, -0.25) is 4.79 Å². The van der Waals surface area contributed by atoms with Crippen LogP contribution >= 0.6 is 0 Å². The monoisotopic (exact) mass is 587 g/mol. The number of methoxy groups -OCH3 is 1. The minimum absolute atomic E-state index is 0.0309. The van der Waals surface area contributed by atoms with Gasteiger partial charge in [0.2, 0.25) is 5.91 Å². The summed E-state index contributed by atoms with van der Waals surface area (Å²) in [6.45, 7) is 11.7. The van der Waals surface area contributed by atoms with E-state index in [1.54, 1.807) is 33.2 Å². The van der Waals surface area contributed by atoms with Gasteiger partial charge in [-0.1, -0.05) is 63.2 Å². The van der Waals surface area contributed by atoms with Gasteiger partial charge in [-0.15, -0.1) is 0 Å². The van der Waals surface area contributed by atoms with E-state index in [0.29, 0.717) is 11.5 Å². The molecule has 0 saturated heterocycles. The zero-order valence-electron chi connectivity index (χ0n) is 25.8. The van der Waals surface area contributed by atoms with Crippen molar-refractivity contribution in [1.29, 1.82) is 0 Å². The molecule has 4 rings (SSSR count). The molecule has 10 heteroatoms. The van der Waals surface area contributed by atoms with Gasteiger partial charge < -0.3 is 30.1 Å². The van der Waals surface area contributed by atoms with Crippen molar-refractivity contribution in [2.45, 2.75) is 77.5 Å². The molecule has 2 heterocycles. The molecule has 4 N–H and O–H groups in total. The second-order valence-corrected chi connectivity index (χ2v) is 12.6. The molecular weight excluding hydrogens is 546 g/mol. The SMILES string of the molecule is COC(=O)[C@H](Cc1cnc(-c2ccc(C(C)(C)C)cc2)[nH]1)NC(=O)[C@H](Cc1c[nH]c2ccccc12)NC(=O)OC(C)(C)C. The van der Waals surface area contributed by atoms with Crippen LogP contribution in [0.15, 0.2) is 60.9 Å². The van der Waals surface area contributed by atoms with E-state index >= 15 is 0 Å². The van der Waals surface area contributed by atoms with E-state index in [1.165, 1.54) is 12.7 Å². The summed E-state index contributed by atoms with van der Waals surface area (Å²) in [5.41, 5.74) is 3.76. The standard InChI is InChI=1S/C33H41N5O5/c1-32(2,3)22-14-12-20(13-15-22)28-35-19-23(36-28)17-27(30(40)42-7)37-29(39)26(38-31(41)43-33(4,5)6)16-21-18-34-25-11-9-8-10-24(21)25/h8-15,18-19,26-27,34H,16-17H2,1-7H3,(H,35,36)(H,37,39)(H,38,41)/t26-,27-/m0/s1. The lowest BCUT2D eigenvalue weighted by Gasteiger charge is -2.24. The smallest absolute Gasteiger partial charge is 0.408 e. The summed E-state index contributed by atoms with van der Waals surface area (Å²) >= 11 is 0. The van der Waals surface area contributed by atoms with E-state index in [9.17, 15) is 14.4 Å². The summed E-state index contributed by atoms with van der Waals surface area (Å²) in [6, 6.07) is 13.8. The number of fused-ring (bicyclic) bond motifs is 1. The highest BCUT2D eigenvalue weighted by Gasteiger charge is 2.30. The summed E-state index contributed by atoms with van der Waals surface area (Å²) in [7, 11) is 1.26. The molecule has 0 fully saturated rings. The van der Waals surface area contributed by atoms with Gasteiger partial charge in [-0.2, -0.15) is 0 Å². The molecule has 2 aromatic carbocycles. The largest absolute Gasteiger partial charge is 0.467 e. The molecule has 0 spiro atoms. The van der Waals surface area contributed by atoms with Crippen LogP contribution in [-0.2, 0) is 37.3 Å². The fourth-order valence-corrected chi connectivity index (χ4v) is 4.74. The number of hydrogen-bond donors (Lipinski definition) is 4. The molecule has 2 aromatic heterocycles. The Bertz CT molecular complexity index is 1570. The van der Waals surface area contributed by atoms with Crippen molar-refractivity contribution in [2.75, 3.05) is 7.11 Å². The molecule has 0 aliphatic carbocycles. The molecule has 2 amide bonds. The van der Waals surface area contributed by atoms with Gasteiger partial charge in [0.15, 0.2) is 0 Å². The number of amides is 2. The Hall–Kier alpha value is -4.60. The van der Waals surface area contributed by atoms with Gasteiger partial charge in [-0.05, 0) is 43.4 Å². The lowest BCUT2D eigenvalue weighted by atomic mass is 9.87. The van der Waals surface area contributed by atoms with Crippen molar-refractivity contribution in [3.63, 3.8) is 0 Å². The zero-order chi connectivity index (χ0) is 31.4. The molecule has 0 aliphatic heterocycles. The Morgan fingerprint density at radius 2 is 1.60 bits per heavy atom. The van der Waals surface area contributed by atoms with Crippen molar-refractivity contribution in [3.05, 3.63) is 77.7 Å². The number of alkyl carbamates (subject to hydrolysis) is 1. The van der Waals surface area contributed by atoms with E-state index in [1.807, 2.05) is 36.4 Å². The first kappa shape index (κ1) is 31.3. The number of H-pyrrole nitrogens is 2. The van der Waals surface area contributed by atoms with Crippen LogP contribution in [0, 0.1) is 0 Å². The first-order valence-electron chi connectivity index (χ1n) is 14.3. The van der Waals surface area contributed by atoms with Crippen LogP contribution in [0.4, 0.5) is 4.79 Å². The topological polar surface area (TPSA) is 138 Å². The number of rotatable bonds is 9. The van der Waals surface area contributed by atoms with Gasteiger partial charge in [-0.25, -0.2) is 14.6 Å². The third-order valence-corrected chi connectivity index (χ3v) is 6.99. The highest BCUT2D eigenvalue weighted by Crippen LogP contribution is 2.25. The molecule has 0 unspecified atom stereocenters. The quantitative estimate of drug-likeness (QED) is 0.199. The number of imidazole rings is 1. The maximum atomic E-state index is 13.6. The number of benzene rings is 2. The van der Waals surface area contributed by atoms with Crippen LogP contribution in [0.2, 0.25) is 0 Å². The number of aromatic amines is 2. The van der Waals surface area contributed by atoms with Crippen molar-refractivity contribution >= 4 is 28.9 Å². The second-order valence-electron chi connectivity index (χ2n) is 12.6. The fraction of sp³-hybridized carbons (Fsp3) is 0.394. The van der Waals surface area contributed by atoms with E-state index in [0.717, 1.165) is 22.0 Å². The number of hydrogen-bond acceptors (Lipinski definition) is 6. The van der Waals surface area contributed by atoms with Crippen molar-refractivity contribution in [3.8, 4) is 11.4 Å². The lowest BCUT2D eigenvalue weighted by molar-refractivity contribution is -0.145. The highest BCUT2D eigenvalue weighted by atomic mass is 16.6. The molecule has 0 aliphatic rings. The van der Waals surface area contributed by atoms with Crippen LogP contribution in [0.25, 0.3) is 22.3 Å². The first-order chi connectivity index (χ1) is 20.2. The zero-order valence-corrected chi connectivity index (χ0v) is 25.8. The van der Waals surface area contributed by atoms with E-state index in [-0.39, 0.29) is 18.3 Å². The number of carbonyl (C=O) groups excluding carboxylic acids is 3. The summed E-state index contributed by atoms with van der Waals surface area (Å²) in [4.78, 5) is 50.1. The van der Waals surface area contributed by atoms with Gasteiger partial charge in [0, 0.05) is 47.4 Å². The van der Waals surface area contributed by atoms with Crippen LogP contribution in [0.1, 0.15) is 58.4 Å². The molecule has 43 heavy (non-hydrogen) atoms. The van der Waals surface area contributed by atoms with Gasteiger partial charge in [0.1, 0.15) is 23.5 Å². The number of nitrogens with one attached hydrogen (secondary N) is 4. The van der Waals surface area contributed by atoms with Crippen molar-refractivity contribution < 1.29 is 23.9 Å². The molecule has 0 saturated carbocycles. The summed E-state index contributed by atoms with van der Waals surface area (Å²) in [5, 5.41) is 6.39. The predicted molar refractivity (Wildman–Crippen MR) is 166 cm³/mol. The second kappa shape index (κ2) is 12.7. The third kappa shape index (κ3) is 8.24. The molecule has 4 aromatic rings. The molecule has 10 nitrogen and oxygen atoms in total. The maximum Gasteiger partial charge on any atom is 0.408 e. The van der Waals surface area contributed by atoms with E-state index in [4.69, 9.17) is 9.47 Å². The average Bonchev–Trinajstić information content (AvgIpc) is 3.58. The van der Waals surface area contributed by atoms with Gasteiger partial charge in [0.25, 0.3) is 0 Å². The Balaban J connectivity index is 1.53. The van der Waals surface area contributed by atoms with Crippen LogP contribution in [-0.4, -0.2) is 57.7 Å². The van der Waals surface area contributed by atoms with E-state index in [2.05, 4.69) is 58.5 Å². The molecule has 0 radical (unpaired) electrons.